The third kappa shape index (κ3) is 5.16. The van der Waals surface area contributed by atoms with Gasteiger partial charge in [-0.25, -0.2) is 14.8 Å². The number of allylic oxidation sites excluding steroid dienone is 1. The summed E-state index contributed by atoms with van der Waals surface area (Å²) in [7, 11) is 0. The van der Waals surface area contributed by atoms with Crippen LogP contribution < -0.4 is 9.47 Å². The number of nitrogens with zero attached hydrogens (tertiary/aromatic N) is 3. The molecular formula is C30H24N4O3. The van der Waals surface area contributed by atoms with E-state index in [1.807, 2.05) is 54.6 Å². The molecule has 5 aromatic rings. The van der Waals surface area contributed by atoms with Crippen LogP contribution in [0, 0.1) is 0 Å². The highest BCUT2D eigenvalue weighted by Crippen LogP contribution is 2.40. The molecule has 37 heavy (non-hydrogen) atoms. The van der Waals surface area contributed by atoms with Gasteiger partial charge in [-0.3, -0.25) is 5.10 Å². The molecule has 0 aliphatic heterocycles. The minimum atomic E-state index is -0.520. The Kier molecular flexibility index (Phi) is 6.85. The van der Waals surface area contributed by atoms with Gasteiger partial charge in [0, 0.05) is 29.4 Å². The van der Waals surface area contributed by atoms with Crippen LogP contribution in [0.25, 0.3) is 22.0 Å². The van der Waals surface area contributed by atoms with Crippen molar-refractivity contribution in [1.29, 1.82) is 0 Å². The molecule has 0 unspecified atom stereocenters. The third-order valence-corrected chi connectivity index (χ3v) is 5.85. The number of ether oxygens (including phenoxy) is 2. The van der Waals surface area contributed by atoms with E-state index in [1.165, 1.54) is 0 Å². The van der Waals surface area contributed by atoms with E-state index in [-0.39, 0.29) is 6.01 Å². The first-order valence-corrected chi connectivity index (χ1v) is 11.8. The van der Waals surface area contributed by atoms with Crippen molar-refractivity contribution in [3.8, 4) is 17.5 Å². The molecule has 5 rings (SSSR count). The number of H-pyrrole nitrogens is 1. The molecule has 0 atom stereocenters. The zero-order chi connectivity index (χ0) is 25.6. The van der Waals surface area contributed by atoms with Crippen molar-refractivity contribution >= 4 is 28.0 Å². The smallest absolute Gasteiger partial charge is 0.335 e. The first-order chi connectivity index (χ1) is 18.2. The lowest BCUT2D eigenvalue weighted by Gasteiger charge is -2.19. The van der Waals surface area contributed by atoms with Gasteiger partial charge in [0.15, 0.2) is 0 Å². The molecule has 0 amide bonds. The van der Waals surface area contributed by atoms with Gasteiger partial charge in [0.2, 0.25) is 0 Å². The van der Waals surface area contributed by atoms with Crippen LogP contribution in [-0.2, 0) is 4.79 Å². The maximum atomic E-state index is 12.2. The predicted octanol–water partition coefficient (Wildman–Crippen LogP) is 6.61. The number of rotatable bonds is 8. The van der Waals surface area contributed by atoms with Gasteiger partial charge in [0.1, 0.15) is 11.5 Å². The van der Waals surface area contributed by atoms with Crippen molar-refractivity contribution in [3.05, 3.63) is 121 Å². The molecule has 1 N–H and O–H groups in total. The molecule has 3 aromatic carbocycles. The number of carbonyl (C=O) groups excluding carboxylic acids is 1. The van der Waals surface area contributed by atoms with Crippen LogP contribution in [0.5, 0.6) is 17.5 Å². The molecule has 182 valence electrons. The Morgan fingerprint density at radius 1 is 0.973 bits per heavy atom. The van der Waals surface area contributed by atoms with E-state index < -0.39 is 5.97 Å². The molecular weight excluding hydrogens is 464 g/mol. The standard InChI is InChI=1S/C30H24N4O3/c1-3-24(20-9-7-10-23(18-20)36-30-31-15-8-16-32-30)29(21-13-14-26-22(17-21)19-33-34-26)25-11-5-6-12-27(25)37-28(35)4-2/h4-19H,2-3H2,1H3,(H,33,34)/b29-24+. The molecule has 0 aliphatic carbocycles. The summed E-state index contributed by atoms with van der Waals surface area (Å²) in [6.07, 6.45) is 6.92. The Balaban J connectivity index is 1.71. The zero-order valence-corrected chi connectivity index (χ0v) is 20.2. The number of esters is 1. The quantitative estimate of drug-likeness (QED) is 0.114. The molecule has 2 heterocycles. The summed E-state index contributed by atoms with van der Waals surface area (Å²) in [6, 6.07) is 23.4. The fourth-order valence-electron chi connectivity index (χ4n) is 4.22. The van der Waals surface area contributed by atoms with Crippen molar-refractivity contribution in [1.82, 2.24) is 20.2 Å². The molecule has 7 nitrogen and oxygen atoms in total. The van der Waals surface area contributed by atoms with Gasteiger partial charge in [0.25, 0.3) is 0 Å². The van der Waals surface area contributed by atoms with Crippen LogP contribution in [0.15, 0.2) is 104 Å². The average Bonchev–Trinajstić information content (AvgIpc) is 3.41. The van der Waals surface area contributed by atoms with Crippen molar-refractivity contribution in [2.24, 2.45) is 0 Å². The summed E-state index contributed by atoms with van der Waals surface area (Å²) < 4.78 is 11.6. The Morgan fingerprint density at radius 2 is 1.81 bits per heavy atom. The highest BCUT2D eigenvalue weighted by Gasteiger charge is 2.19. The number of hydrogen-bond donors (Lipinski definition) is 1. The highest BCUT2D eigenvalue weighted by molar-refractivity contribution is 6.02. The van der Waals surface area contributed by atoms with Gasteiger partial charge in [0.05, 0.1) is 11.7 Å². The first-order valence-electron chi connectivity index (χ1n) is 11.8. The van der Waals surface area contributed by atoms with Gasteiger partial charge in [-0.2, -0.15) is 5.10 Å². The Labute approximate surface area is 214 Å². The minimum Gasteiger partial charge on any atom is -0.424 e. The minimum absolute atomic E-state index is 0.272. The van der Waals surface area contributed by atoms with Crippen molar-refractivity contribution in [3.63, 3.8) is 0 Å². The van der Waals surface area contributed by atoms with Crippen LogP contribution in [0.1, 0.15) is 30.0 Å². The summed E-state index contributed by atoms with van der Waals surface area (Å²) in [5, 5.41) is 8.14. The van der Waals surface area contributed by atoms with Crippen LogP contribution in [0.2, 0.25) is 0 Å². The second-order valence-electron chi connectivity index (χ2n) is 8.16. The molecule has 0 saturated heterocycles. The van der Waals surface area contributed by atoms with Crippen LogP contribution in [0.3, 0.4) is 0 Å². The number of aromatic nitrogens is 4. The normalized spacial score (nSPS) is 11.6. The number of aromatic amines is 1. The second-order valence-corrected chi connectivity index (χ2v) is 8.16. The number of benzene rings is 3. The van der Waals surface area contributed by atoms with E-state index in [1.54, 1.807) is 30.7 Å². The summed E-state index contributed by atoms with van der Waals surface area (Å²) in [4.78, 5) is 20.5. The topological polar surface area (TPSA) is 90.0 Å². The van der Waals surface area contributed by atoms with E-state index in [0.717, 1.165) is 44.8 Å². The third-order valence-electron chi connectivity index (χ3n) is 5.85. The SMILES string of the molecule is C=CC(=O)Oc1ccccc1/C(=C(\CC)c1cccc(Oc2ncccn2)c1)c1ccc2[nH]ncc2c1. The lowest BCUT2D eigenvalue weighted by molar-refractivity contribution is -0.128. The Hall–Kier alpha value is -5.04. The van der Waals surface area contributed by atoms with E-state index >= 15 is 0 Å². The maximum Gasteiger partial charge on any atom is 0.335 e. The van der Waals surface area contributed by atoms with Gasteiger partial charge in [-0.1, -0.05) is 49.9 Å². The van der Waals surface area contributed by atoms with Crippen molar-refractivity contribution in [2.75, 3.05) is 0 Å². The predicted molar refractivity (Wildman–Crippen MR) is 143 cm³/mol. The number of nitrogens with one attached hydrogen (secondary N) is 1. The van der Waals surface area contributed by atoms with Gasteiger partial charge < -0.3 is 9.47 Å². The van der Waals surface area contributed by atoms with Crippen LogP contribution in [-0.4, -0.2) is 26.1 Å². The lowest BCUT2D eigenvalue weighted by Crippen LogP contribution is -2.06. The summed E-state index contributed by atoms with van der Waals surface area (Å²) >= 11 is 0. The van der Waals surface area contributed by atoms with Crippen molar-refractivity contribution < 1.29 is 14.3 Å². The lowest BCUT2D eigenvalue weighted by atomic mass is 9.87. The fourth-order valence-corrected chi connectivity index (χ4v) is 4.22. The fraction of sp³-hybridized carbons (Fsp3) is 0.0667. The van der Waals surface area contributed by atoms with Gasteiger partial charge >= 0.3 is 12.0 Å². The van der Waals surface area contributed by atoms with Crippen molar-refractivity contribution in [2.45, 2.75) is 13.3 Å². The molecule has 0 saturated carbocycles. The number of para-hydroxylation sites is 1. The molecule has 0 fully saturated rings. The Bertz CT molecular complexity index is 1610. The monoisotopic (exact) mass is 488 g/mol. The summed E-state index contributed by atoms with van der Waals surface area (Å²) in [5.74, 6) is 0.546. The Morgan fingerprint density at radius 3 is 2.62 bits per heavy atom. The molecule has 7 heteroatoms. The van der Waals surface area contributed by atoms with Crippen LogP contribution >= 0.6 is 0 Å². The first kappa shape index (κ1) is 23.7. The average molecular weight is 489 g/mol. The number of hydrogen-bond acceptors (Lipinski definition) is 6. The number of fused-ring (bicyclic) bond motifs is 1. The van der Waals surface area contributed by atoms with E-state index in [4.69, 9.17) is 9.47 Å². The molecule has 0 aliphatic rings. The molecule has 0 radical (unpaired) electrons. The highest BCUT2D eigenvalue weighted by atomic mass is 16.5. The summed E-state index contributed by atoms with van der Waals surface area (Å²) in [6.45, 7) is 5.63. The van der Waals surface area contributed by atoms with E-state index in [2.05, 4.69) is 39.7 Å². The second kappa shape index (κ2) is 10.7. The molecule has 0 bridgehead atoms. The van der Waals surface area contributed by atoms with Gasteiger partial charge in [-0.15, -0.1) is 0 Å². The summed E-state index contributed by atoms with van der Waals surface area (Å²) in [5.41, 5.74) is 5.63. The zero-order valence-electron chi connectivity index (χ0n) is 20.2. The maximum absolute atomic E-state index is 12.2. The largest absolute Gasteiger partial charge is 0.424 e. The van der Waals surface area contributed by atoms with Gasteiger partial charge in [-0.05, 0) is 65.1 Å². The van der Waals surface area contributed by atoms with Crippen LogP contribution in [0.4, 0.5) is 0 Å². The van der Waals surface area contributed by atoms with E-state index in [0.29, 0.717) is 17.9 Å². The van der Waals surface area contributed by atoms with E-state index in [9.17, 15) is 4.79 Å². The molecule has 2 aromatic heterocycles. The number of carbonyl (C=O) groups is 1. The molecule has 0 spiro atoms.